The minimum Gasteiger partial charge on any atom is -0.353 e. The minimum absolute atomic E-state index is 0.131. The predicted octanol–water partition coefficient (Wildman–Crippen LogP) is -0.455. The predicted molar refractivity (Wildman–Crippen MR) is 101 cm³/mol. The summed E-state index contributed by atoms with van der Waals surface area (Å²) < 4.78 is 64.5. The summed E-state index contributed by atoms with van der Waals surface area (Å²) in [6, 6.07) is 2.48. The van der Waals surface area contributed by atoms with E-state index in [2.05, 4.69) is 25.6 Å². The van der Waals surface area contributed by atoms with Crippen molar-refractivity contribution in [2.24, 2.45) is 5.73 Å². The second-order valence-corrected chi connectivity index (χ2v) is 8.44. The Morgan fingerprint density at radius 2 is 1.68 bits per heavy atom. The molecule has 2 rings (SSSR count). The van der Waals surface area contributed by atoms with Gasteiger partial charge < -0.3 is 21.3 Å². The molecule has 154 valence electrons. The Bertz CT molecular complexity index is 1070. The van der Waals surface area contributed by atoms with Crippen LogP contribution in [0.5, 0.6) is 0 Å². The summed E-state index contributed by atoms with van der Waals surface area (Å²) in [5, 5.41) is 5.37. The zero-order chi connectivity index (χ0) is 21.1. The fourth-order valence-electron chi connectivity index (χ4n) is 2.00. The van der Waals surface area contributed by atoms with E-state index in [0.717, 1.165) is 18.2 Å². The standard InChI is InChI=1S/C13H19N7O6S2/c1-20(2)13-18-11(15-6-5-14)17-12(19-13)16-9-7-8(27(21,22)23)3-4-10(9)28(24,25)26/h3-4,7H,5-6,14H2,1-2H3,(H,21,22,23)(H,24,25,26)(H2,15,16,17,18,19). The summed E-state index contributed by atoms with van der Waals surface area (Å²) in [5.74, 6) is 0.193. The molecule has 0 saturated carbocycles. The van der Waals surface area contributed by atoms with E-state index in [9.17, 15) is 25.9 Å². The van der Waals surface area contributed by atoms with Crippen molar-refractivity contribution in [1.29, 1.82) is 0 Å². The Labute approximate surface area is 161 Å². The van der Waals surface area contributed by atoms with Crippen LogP contribution >= 0.6 is 0 Å². The quantitative estimate of drug-likeness (QED) is 0.335. The first kappa shape index (κ1) is 21.7. The molecule has 0 aliphatic carbocycles. The maximum absolute atomic E-state index is 11.6. The number of hydrogen-bond acceptors (Lipinski definition) is 11. The smallest absolute Gasteiger partial charge is 0.296 e. The van der Waals surface area contributed by atoms with E-state index in [-0.39, 0.29) is 23.5 Å². The van der Waals surface area contributed by atoms with Gasteiger partial charge in [0.25, 0.3) is 20.2 Å². The van der Waals surface area contributed by atoms with Crippen molar-refractivity contribution in [3.05, 3.63) is 18.2 Å². The SMILES string of the molecule is CN(C)c1nc(NCCN)nc(Nc2cc(S(=O)(=O)O)ccc2S(=O)(=O)O)n1. The average molecular weight is 433 g/mol. The van der Waals surface area contributed by atoms with Crippen LogP contribution in [0.3, 0.4) is 0 Å². The van der Waals surface area contributed by atoms with Gasteiger partial charge in [-0.25, -0.2) is 0 Å². The molecule has 2 aromatic rings. The van der Waals surface area contributed by atoms with Gasteiger partial charge in [0.2, 0.25) is 17.8 Å². The highest BCUT2D eigenvalue weighted by Crippen LogP contribution is 2.27. The minimum atomic E-state index is -4.72. The average Bonchev–Trinajstić information content (AvgIpc) is 2.58. The summed E-state index contributed by atoms with van der Waals surface area (Å²) in [6.45, 7) is 0.653. The molecule has 28 heavy (non-hydrogen) atoms. The number of hydrogen-bond donors (Lipinski definition) is 5. The lowest BCUT2D eigenvalue weighted by Crippen LogP contribution is -2.19. The van der Waals surface area contributed by atoms with E-state index in [1.807, 2.05) is 0 Å². The molecule has 15 heteroatoms. The van der Waals surface area contributed by atoms with Crippen molar-refractivity contribution < 1.29 is 25.9 Å². The monoisotopic (exact) mass is 433 g/mol. The lowest BCUT2D eigenvalue weighted by atomic mass is 10.3. The van der Waals surface area contributed by atoms with Crippen LogP contribution in [-0.2, 0) is 20.2 Å². The molecule has 1 aromatic heterocycles. The molecule has 0 aliphatic rings. The van der Waals surface area contributed by atoms with Crippen LogP contribution in [0.1, 0.15) is 0 Å². The van der Waals surface area contributed by atoms with E-state index in [4.69, 9.17) is 5.73 Å². The van der Waals surface area contributed by atoms with Crippen molar-refractivity contribution in [1.82, 2.24) is 15.0 Å². The van der Waals surface area contributed by atoms with Gasteiger partial charge in [0, 0.05) is 27.2 Å². The summed E-state index contributed by atoms with van der Waals surface area (Å²) in [5.41, 5.74) is 5.06. The summed E-state index contributed by atoms with van der Waals surface area (Å²) in [4.78, 5) is 12.6. The van der Waals surface area contributed by atoms with Crippen LogP contribution in [0.25, 0.3) is 0 Å². The van der Waals surface area contributed by atoms with Crippen molar-refractivity contribution >= 4 is 43.8 Å². The number of benzene rings is 1. The van der Waals surface area contributed by atoms with Gasteiger partial charge in [-0.1, -0.05) is 0 Å². The van der Waals surface area contributed by atoms with E-state index in [1.165, 1.54) is 0 Å². The lowest BCUT2D eigenvalue weighted by molar-refractivity contribution is 0.479. The van der Waals surface area contributed by atoms with Gasteiger partial charge in [0.05, 0.1) is 10.6 Å². The molecule has 0 fully saturated rings. The Morgan fingerprint density at radius 1 is 1.04 bits per heavy atom. The van der Waals surface area contributed by atoms with Crippen molar-refractivity contribution in [2.45, 2.75) is 9.79 Å². The normalized spacial score (nSPS) is 11.9. The van der Waals surface area contributed by atoms with Crippen LogP contribution in [0.4, 0.5) is 23.5 Å². The fourth-order valence-corrected chi connectivity index (χ4v) is 3.13. The number of nitrogens with two attached hydrogens (primary N) is 1. The van der Waals surface area contributed by atoms with E-state index in [0.29, 0.717) is 13.1 Å². The molecule has 0 bridgehead atoms. The summed E-state index contributed by atoms with van der Waals surface area (Å²) >= 11 is 0. The largest absolute Gasteiger partial charge is 0.353 e. The molecule has 0 amide bonds. The highest BCUT2D eigenvalue weighted by molar-refractivity contribution is 7.86. The zero-order valence-corrected chi connectivity index (χ0v) is 16.5. The van der Waals surface area contributed by atoms with Crippen LogP contribution < -0.4 is 21.3 Å². The summed E-state index contributed by atoms with van der Waals surface area (Å²) in [6.07, 6.45) is 0. The Balaban J connectivity index is 2.58. The molecule has 13 nitrogen and oxygen atoms in total. The highest BCUT2D eigenvalue weighted by atomic mass is 32.2. The van der Waals surface area contributed by atoms with Gasteiger partial charge in [-0.2, -0.15) is 31.8 Å². The molecule has 0 saturated heterocycles. The molecule has 0 unspecified atom stereocenters. The second kappa shape index (κ2) is 8.19. The molecular formula is C13H19N7O6S2. The van der Waals surface area contributed by atoms with Gasteiger partial charge in [-0.05, 0) is 18.2 Å². The van der Waals surface area contributed by atoms with Gasteiger partial charge in [-0.15, -0.1) is 0 Å². The molecule has 1 aromatic carbocycles. The molecule has 0 spiro atoms. The number of anilines is 4. The van der Waals surface area contributed by atoms with Gasteiger partial charge in [-0.3, -0.25) is 9.11 Å². The third-order valence-corrected chi connectivity index (χ3v) is 4.99. The lowest BCUT2D eigenvalue weighted by Gasteiger charge is -2.15. The van der Waals surface area contributed by atoms with Crippen LogP contribution in [0.15, 0.2) is 28.0 Å². The fraction of sp³-hybridized carbons (Fsp3) is 0.308. The molecule has 1 heterocycles. The second-order valence-electron chi connectivity index (χ2n) is 5.63. The highest BCUT2D eigenvalue weighted by Gasteiger charge is 2.21. The van der Waals surface area contributed by atoms with Gasteiger partial charge in [0.15, 0.2) is 0 Å². The topological polar surface area (TPSA) is 201 Å². The van der Waals surface area contributed by atoms with E-state index < -0.39 is 30.0 Å². The van der Waals surface area contributed by atoms with E-state index in [1.54, 1.807) is 19.0 Å². The molecule has 0 radical (unpaired) electrons. The van der Waals surface area contributed by atoms with Crippen LogP contribution in [0.2, 0.25) is 0 Å². The number of nitrogens with one attached hydrogen (secondary N) is 2. The third-order valence-electron chi connectivity index (χ3n) is 3.22. The van der Waals surface area contributed by atoms with Gasteiger partial charge >= 0.3 is 0 Å². The van der Waals surface area contributed by atoms with Crippen LogP contribution in [-0.4, -0.2) is 68.1 Å². The maximum Gasteiger partial charge on any atom is 0.296 e. The number of nitrogens with zero attached hydrogens (tertiary/aromatic N) is 4. The molecule has 0 aliphatic heterocycles. The Morgan fingerprint density at radius 3 is 2.21 bits per heavy atom. The zero-order valence-electron chi connectivity index (χ0n) is 14.9. The van der Waals surface area contributed by atoms with Crippen molar-refractivity contribution in [2.75, 3.05) is 42.7 Å². The van der Waals surface area contributed by atoms with Crippen molar-refractivity contribution in [3.63, 3.8) is 0 Å². The third kappa shape index (κ3) is 5.46. The first-order valence-corrected chi connectivity index (χ1v) is 10.5. The number of aromatic nitrogens is 3. The molecule has 6 N–H and O–H groups in total. The Hall–Kier alpha value is -2.59. The van der Waals surface area contributed by atoms with Gasteiger partial charge in [0.1, 0.15) is 4.90 Å². The number of rotatable bonds is 8. The van der Waals surface area contributed by atoms with Crippen LogP contribution in [0, 0.1) is 0 Å². The Kier molecular flexibility index (Phi) is 6.35. The summed E-state index contributed by atoms with van der Waals surface area (Å²) in [7, 11) is -6.02. The first-order chi connectivity index (χ1) is 12.9. The van der Waals surface area contributed by atoms with E-state index >= 15 is 0 Å². The first-order valence-electron chi connectivity index (χ1n) is 7.65. The molecular weight excluding hydrogens is 414 g/mol. The maximum atomic E-state index is 11.6. The van der Waals surface area contributed by atoms with Crippen molar-refractivity contribution in [3.8, 4) is 0 Å². The molecule has 0 atom stereocenters.